The lowest BCUT2D eigenvalue weighted by atomic mass is 9.98. The van der Waals surface area contributed by atoms with E-state index in [1.165, 1.54) is 154 Å². The number of hydrogen-bond donors (Lipinski definition) is 7. The van der Waals surface area contributed by atoms with Gasteiger partial charge in [0.1, 0.15) is 30.5 Å². The molecule has 2 aliphatic rings. The van der Waals surface area contributed by atoms with Crippen LogP contribution in [0.15, 0.2) is 0 Å². The molecule has 5 unspecified atom stereocenters. The Morgan fingerprint density at radius 2 is 1.03 bits per heavy atom. The van der Waals surface area contributed by atoms with E-state index < -0.39 is 55.6 Å². The van der Waals surface area contributed by atoms with Gasteiger partial charge in [-0.25, -0.2) is 0 Å². The van der Waals surface area contributed by atoms with Gasteiger partial charge in [0.25, 0.3) is 0 Å². The highest BCUT2D eigenvalue weighted by Crippen LogP contribution is 2.24. The van der Waals surface area contributed by atoms with E-state index in [4.69, 9.17) is 14.2 Å². The summed E-state index contributed by atoms with van der Waals surface area (Å²) in [6.07, 6.45) is 31.0. The Balaban J connectivity index is 1.55. The van der Waals surface area contributed by atoms with E-state index in [9.17, 15) is 35.4 Å². The van der Waals surface area contributed by atoms with E-state index in [0.29, 0.717) is 6.42 Å². The molecule has 0 aliphatic carbocycles. The Bertz CT molecular complexity index is 970. The Hall–Kier alpha value is -0.890. The Labute approximate surface area is 366 Å². The van der Waals surface area contributed by atoms with Gasteiger partial charge in [0.05, 0.1) is 38.6 Å². The zero-order valence-electron chi connectivity index (χ0n) is 38.4. The molecule has 2 heterocycles. The Morgan fingerprint density at radius 1 is 0.600 bits per heavy atom. The number of amides is 1. The normalized spacial score (nSPS) is 22.4. The van der Waals surface area contributed by atoms with Gasteiger partial charge in [-0.1, -0.05) is 200 Å². The summed E-state index contributed by atoms with van der Waals surface area (Å²) >= 11 is 0. The first-order valence-corrected chi connectivity index (χ1v) is 25.4. The summed E-state index contributed by atoms with van der Waals surface area (Å²) in [6, 6.07) is -0.986. The van der Waals surface area contributed by atoms with Crippen LogP contribution in [0.25, 0.3) is 0 Å². The second-order valence-corrected chi connectivity index (χ2v) is 18.6. The van der Waals surface area contributed by atoms with Crippen molar-refractivity contribution in [1.82, 2.24) is 5.32 Å². The highest BCUT2D eigenvalue weighted by Gasteiger charge is 2.44. The molecule has 2 rings (SSSR count). The van der Waals surface area contributed by atoms with Crippen LogP contribution in [-0.4, -0.2) is 112 Å². The summed E-state index contributed by atoms with van der Waals surface area (Å²) in [4.78, 5) is 13.0. The molecule has 0 bridgehead atoms. The van der Waals surface area contributed by atoms with Crippen LogP contribution in [0.2, 0.25) is 0 Å². The molecular formula is C49H95NO10. The van der Waals surface area contributed by atoms with Crippen molar-refractivity contribution in [1.29, 1.82) is 0 Å². The predicted molar refractivity (Wildman–Crippen MR) is 241 cm³/mol. The molecule has 0 aromatic rings. The van der Waals surface area contributed by atoms with Crippen LogP contribution in [-0.2, 0) is 19.0 Å². The number of aliphatic hydroxyl groups is 6. The van der Waals surface area contributed by atoms with Crippen LogP contribution in [0.5, 0.6) is 0 Å². The first-order valence-electron chi connectivity index (χ1n) is 25.4. The number of unbranched alkanes of at least 4 members (excludes halogenated alkanes) is 29. The largest absolute Gasteiger partial charge is 0.394 e. The van der Waals surface area contributed by atoms with E-state index >= 15 is 0 Å². The molecule has 11 nitrogen and oxygen atoms in total. The van der Waals surface area contributed by atoms with Crippen molar-refractivity contribution in [3.63, 3.8) is 0 Å². The SMILES string of the molecule is CCCCCCCCCCCCCC[C@@H](O)[C@@H](O)[C@H](COC1OC(CO)C(O)C(O)C1O)NC(=O)CCCCCCCCCCCCCCCCCCCCCC1COC1. The van der Waals surface area contributed by atoms with Crippen LogP contribution in [0.4, 0.5) is 0 Å². The Morgan fingerprint density at radius 3 is 1.47 bits per heavy atom. The summed E-state index contributed by atoms with van der Waals surface area (Å²) in [7, 11) is 0. The highest BCUT2D eigenvalue weighted by atomic mass is 16.7. The lowest BCUT2D eigenvalue weighted by molar-refractivity contribution is -0.303. The third-order valence-electron chi connectivity index (χ3n) is 13.0. The van der Waals surface area contributed by atoms with Crippen LogP contribution in [0, 0.1) is 5.92 Å². The van der Waals surface area contributed by atoms with E-state index in [1.807, 2.05) is 0 Å². The number of ether oxygens (including phenoxy) is 3. The molecule has 2 saturated heterocycles. The molecular weight excluding hydrogens is 763 g/mol. The number of aliphatic hydroxyl groups excluding tert-OH is 6. The molecule has 0 aromatic heterocycles. The van der Waals surface area contributed by atoms with Crippen molar-refractivity contribution >= 4 is 5.91 Å². The van der Waals surface area contributed by atoms with Gasteiger partial charge in [-0.15, -0.1) is 0 Å². The lowest BCUT2D eigenvalue weighted by Crippen LogP contribution is -2.60. The molecule has 0 saturated carbocycles. The second-order valence-electron chi connectivity index (χ2n) is 18.6. The number of rotatable bonds is 42. The number of hydrogen-bond acceptors (Lipinski definition) is 10. The van der Waals surface area contributed by atoms with Crippen LogP contribution in [0.3, 0.4) is 0 Å². The molecule has 2 fully saturated rings. The minimum atomic E-state index is -1.60. The maximum Gasteiger partial charge on any atom is 0.220 e. The molecule has 0 spiro atoms. The van der Waals surface area contributed by atoms with Gasteiger partial charge >= 0.3 is 0 Å². The summed E-state index contributed by atoms with van der Waals surface area (Å²) in [5.41, 5.74) is 0. The molecule has 8 atom stereocenters. The van der Waals surface area contributed by atoms with Gasteiger partial charge in [0.2, 0.25) is 5.91 Å². The number of carbonyl (C=O) groups is 1. The van der Waals surface area contributed by atoms with Crippen LogP contribution >= 0.6 is 0 Å². The molecule has 11 heteroatoms. The lowest BCUT2D eigenvalue weighted by Gasteiger charge is -2.40. The smallest absolute Gasteiger partial charge is 0.220 e. The van der Waals surface area contributed by atoms with E-state index in [-0.39, 0.29) is 18.9 Å². The maximum absolute atomic E-state index is 13.0. The molecule has 0 radical (unpaired) electrons. The minimum absolute atomic E-state index is 0.254. The predicted octanol–water partition coefficient (Wildman–Crippen LogP) is 8.94. The third kappa shape index (κ3) is 26.7. The van der Waals surface area contributed by atoms with Gasteiger partial charge < -0.3 is 50.2 Å². The van der Waals surface area contributed by atoms with Crippen molar-refractivity contribution in [3.8, 4) is 0 Å². The average molecular weight is 858 g/mol. The van der Waals surface area contributed by atoms with Crippen LogP contribution in [0.1, 0.15) is 225 Å². The first kappa shape index (κ1) is 55.2. The molecule has 2 aliphatic heterocycles. The molecule has 7 N–H and O–H groups in total. The topological polar surface area (TPSA) is 178 Å². The van der Waals surface area contributed by atoms with Crippen LogP contribution < -0.4 is 5.32 Å². The van der Waals surface area contributed by atoms with Gasteiger partial charge in [-0.2, -0.15) is 0 Å². The monoisotopic (exact) mass is 858 g/mol. The van der Waals surface area contributed by atoms with Crippen molar-refractivity contribution in [2.45, 2.75) is 274 Å². The second kappa shape index (κ2) is 37.5. The zero-order valence-corrected chi connectivity index (χ0v) is 38.4. The summed E-state index contributed by atoms with van der Waals surface area (Å²) < 4.78 is 16.4. The zero-order chi connectivity index (χ0) is 43.5. The molecule has 356 valence electrons. The van der Waals surface area contributed by atoms with Gasteiger partial charge in [-0.05, 0) is 19.3 Å². The van der Waals surface area contributed by atoms with E-state index in [2.05, 4.69) is 12.2 Å². The van der Waals surface area contributed by atoms with E-state index in [0.717, 1.165) is 70.5 Å². The minimum Gasteiger partial charge on any atom is -0.394 e. The quantitative estimate of drug-likeness (QED) is 0.0293. The standard InChI is InChI=1S/C49H95NO10/c1-2-3-4-5-6-7-8-19-22-25-28-31-34-42(52)45(54)41(39-59-49-48(57)47(56)46(55)43(36-51)60-49)50-44(53)35-32-29-26-23-20-17-15-13-11-9-10-12-14-16-18-21-24-27-30-33-40-37-58-38-40/h40-43,45-49,51-52,54-57H,2-39H2,1H3,(H,50,53)/t41-,42+,43?,45-,46?,47?,48?,49?/m0/s1. The fourth-order valence-electron chi connectivity index (χ4n) is 8.72. The number of carbonyl (C=O) groups excluding carboxylic acids is 1. The average Bonchev–Trinajstić information content (AvgIpc) is 3.23. The summed E-state index contributed by atoms with van der Waals surface area (Å²) in [5, 5.41) is 65.3. The molecule has 0 aromatic carbocycles. The van der Waals surface area contributed by atoms with Crippen molar-refractivity contribution in [2.24, 2.45) is 5.92 Å². The number of nitrogens with one attached hydrogen (secondary N) is 1. The van der Waals surface area contributed by atoms with E-state index in [1.54, 1.807) is 0 Å². The van der Waals surface area contributed by atoms with Gasteiger partial charge in [-0.3, -0.25) is 4.79 Å². The van der Waals surface area contributed by atoms with Gasteiger partial charge in [0, 0.05) is 12.3 Å². The highest BCUT2D eigenvalue weighted by molar-refractivity contribution is 5.76. The van der Waals surface area contributed by atoms with Crippen molar-refractivity contribution in [3.05, 3.63) is 0 Å². The molecule has 60 heavy (non-hydrogen) atoms. The van der Waals surface area contributed by atoms with Gasteiger partial charge in [0.15, 0.2) is 6.29 Å². The fraction of sp³-hybridized carbons (Fsp3) is 0.980. The van der Waals surface area contributed by atoms with Crippen molar-refractivity contribution < 1.29 is 49.6 Å². The first-order chi connectivity index (χ1) is 29.3. The van der Waals surface area contributed by atoms with Crippen molar-refractivity contribution in [2.75, 3.05) is 26.4 Å². The fourth-order valence-corrected chi connectivity index (χ4v) is 8.72. The summed E-state index contributed by atoms with van der Waals surface area (Å²) in [6.45, 7) is 3.34. The molecule has 1 amide bonds. The Kier molecular flexibility index (Phi) is 34.5. The third-order valence-corrected chi connectivity index (χ3v) is 13.0. The maximum atomic E-state index is 13.0. The summed E-state index contributed by atoms with van der Waals surface area (Å²) in [5.74, 6) is 0.602.